The summed E-state index contributed by atoms with van der Waals surface area (Å²) in [4.78, 5) is 48.2. The van der Waals surface area contributed by atoms with Crippen LogP contribution in [0.2, 0.25) is 0 Å². The Morgan fingerprint density at radius 3 is 2.28 bits per heavy atom. The summed E-state index contributed by atoms with van der Waals surface area (Å²) >= 11 is 0. The third-order valence-electron chi connectivity index (χ3n) is 8.29. The van der Waals surface area contributed by atoms with Gasteiger partial charge in [-0.2, -0.15) is 0 Å². The highest BCUT2D eigenvalue weighted by atomic mass is 19.2. The molecule has 0 spiro atoms. The molecule has 8 nitrogen and oxygen atoms in total. The van der Waals surface area contributed by atoms with Crippen molar-refractivity contribution in [3.05, 3.63) is 89.4 Å². The Labute approximate surface area is 248 Å². The Morgan fingerprint density at radius 1 is 0.953 bits per heavy atom. The van der Waals surface area contributed by atoms with E-state index in [1.165, 1.54) is 42.2 Å². The smallest absolute Gasteiger partial charge is 0.410 e. The number of amides is 2. The molecular formula is C32H33F3N4O4. The van der Waals surface area contributed by atoms with E-state index in [2.05, 4.69) is 9.88 Å². The Balaban J connectivity index is 1.31. The van der Waals surface area contributed by atoms with Gasteiger partial charge < -0.3 is 19.4 Å². The normalized spacial score (nSPS) is 18.9. The summed E-state index contributed by atoms with van der Waals surface area (Å²) in [5.74, 6) is -2.39. The van der Waals surface area contributed by atoms with E-state index in [1.807, 2.05) is 0 Å². The van der Waals surface area contributed by atoms with Crippen molar-refractivity contribution in [2.24, 2.45) is 5.92 Å². The van der Waals surface area contributed by atoms with Crippen molar-refractivity contribution < 1.29 is 32.3 Å². The number of hydrogen-bond donors (Lipinski definition) is 0. The minimum atomic E-state index is -1.00. The van der Waals surface area contributed by atoms with Crippen LogP contribution in [-0.4, -0.2) is 71.3 Å². The molecule has 2 atom stereocenters. The number of halogens is 3. The SMILES string of the molecule is CCN(C(=O)Oc1ccc(F)cc1)C1CN(C(=O)C2CCN(c3ccc(C(C)=O)cn3)CC2)CC1c1ccc(F)c(F)c1. The number of carbonyl (C=O) groups excluding carboxylic acids is 3. The summed E-state index contributed by atoms with van der Waals surface area (Å²) in [6, 6.07) is 11.7. The standard InChI is InChI=1S/C32H33F3N4O4/c1-3-39(32(42)43-25-8-6-24(33)7-9-25)29-19-38(18-26(29)22-4-10-27(34)28(35)16-22)31(41)21-12-14-37(15-13-21)30-11-5-23(17-36-30)20(2)40/h4-11,16-17,21,26,29H,3,12-15,18-19H2,1-2H3. The summed E-state index contributed by atoms with van der Waals surface area (Å²) in [5.41, 5.74) is 1.01. The first-order valence-corrected chi connectivity index (χ1v) is 14.3. The van der Waals surface area contributed by atoms with Gasteiger partial charge >= 0.3 is 6.09 Å². The molecule has 5 rings (SSSR count). The van der Waals surface area contributed by atoms with Crippen LogP contribution in [0, 0.1) is 23.4 Å². The molecule has 2 amide bonds. The molecule has 0 aliphatic carbocycles. The van der Waals surface area contributed by atoms with Gasteiger partial charge in [-0.1, -0.05) is 6.07 Å². The molecule has 2 saturated heterocycles. The number of benzene rings is 2. The van der Waals surface area contributed by atoms with Crippen LogP contribution in [0.5, 0.6) is 5.75 Å². The fraction of sp³-hybridized carbons (Fsp3) is 0.375. The molecule has 0 radical (unpaired) electrons. The molecule has 226 valence electrons. The predicted molar refractivity (Wildman–Crippen MR) is 153 cm³/mol. The second kappa shape index (κ2) is 12.8. The van der Waals surface area contributed by atoms with E-state index in [0.717, 1.165) is 18.0 Å². The van der Waals surface area contributed by atoms with E-state index in [4.69, 9.17) is 4.74 Å². The van der Waals surface area contributed by atoms with E-state index in [0.29, 0.717) is 37.1 Å². The summed E-state index contributed by atoms with van der Waals surface area (Å²) in [5, 5.41) is 0. The lowest BCUT2D eigenvalue weighted by atomic mass is 9.93. The van der Waals surface area contributed by atoms with Gasteiger partial charge in [0, 0.05) is 56.3 Å². The Morgan fingerprint density at radius 2 is 1.67 bits per heavy atom. The van der Waals surface area contributed by atoms with Gasteiger partial charge in [0.15, 0.2) is 17.4 Å². The molecule has 2 aliphatic heterocycles. The molecule has 2 aliphatic rings. The Kier molecular flexibility index (Phi) is 8.98. The van der Waals surface area contributed by atoms with Crippen LogP contribution in [0.15, 0.2) is 60.8 Å². The quantitative estimate of drug-likeness (QED) is 0.339. The molecule has 3 aromatic rings. The van der Waals surface area contributed by atoms with Crippen LogP contribution >= 0.6 is 0 Å². The number of aromatic nitrogens is 1. The van der Waals surface area contributed by atoms with E-state index in [-0.39, 0.29) is 43.0 Å². The third-order valence-corrected chi connectivity index (χ3v) is 8.29. The maximum absolute atomic E-state index is 14.3. The zero-order valence-corrected chi connectivity index (χ0v) is 24.0. The van der Waals surface area contributed by atoms with Crippen LogP contribution in [-0.2, 0) is 4.79 Å². The number of carbonyl (C=O) groups is 3. The predicted octanol–water partition coefficient (Wildman–Crippen LogP) is 5.43. The van der Waals surface area contributed by atoms with E-state index < -0.39 is 35.5 Å². The van der Waals surface area contributed by atoms with Crippen molar-refractivity contribution in [3.63, 3.8) is 0 Å². The molecule has 43 heavy (non-hydrogen) atoms. The van der Waals surface area contributed by atoms with E-state index in [9.17, 15) is 27.6 Å². The van der Waals surface area contributed by atoms with Crippen molar-refractivity contribution in [2.75, 3.05) is 37.6 Å². The molecule has 2 aromatic carbocycles. The molecule has 2 unspecified atom stereocenters. The van der Waals surface area contributed by atoms with Crippen LogP contribution < -0.4 is 9.64 Å². The van der Waals surface area contributed by atoms with Crippen molar-refractivity contribution >= 4 is 23.6 Å². The fourth-order valence-corrected chi connectivity index (χ4v) is 5.91. The molecule has 2 fully saturated rings. The highest BCUT2D eigenvalue weighted by Crippen LogP contribution is 2.35. The molecule has 0 saturated carbocycles. The maximum Gasteiger partial charge on any atom is 0.415 e. The van der Waals surface area contributed by atoms with Gasteiger partial charge in [-0.3, -0.25) is 9.59 Å². The van der Waals surface area contributed by atoms with Crippen molar-refractivity contribution in [1.29, 1.82) is 0 Å². The third kappa shape index (κ3) is 6.65. The first-order valence-electron chi connectivity index (χ1n) is 14.3. The van der Waals surface area contributed by atoms with Crippen molar-refractivity contribution in [2.45, 2.75) is 38.6 Å². The lowest BCUT2D eigenvalue weighted by molar-refractivity contribution is -0.135. The summed E-state index contributed by atoms with van der Waals surface area (Å²) in [6.07, 6.45) is 2.06. The van der Waals surface area contributed by atoms with E-state index >= 15 is 0 Å². The minimum Gasteiger partial charge on any atom is -0.410 e. The van der Waals surface area contributed by atoms with Gasteiger partial charge in [-0.05, 0) is 80.8 Å². The lowest BCUT2D eigenvalue weighted by Crippen LogP contribution is -2.47. The van der Waals surface area contributed by atoms with Crippen LogP contribution in [0.25, 0.3) is 0 Å². The number of hydrogen-bond acceptors (Lipinski definition) is 6. The van der Waals surface area contributed by atoms with Crippen LogP contribution in [0.3, 0.4) is 0 Å². The van der Waals surface area contributed by atoms with Gasteiger partial charge in [0.05, 0.1) is 6.04 Å². The molecule has 11 heteroatoms. The number of ketones is 1. The summed E-state index contributed by atoms with van der Waals surface area (Å²) < 4.78 is 46.9. The first-order chi connectivity index (χ1) is 20.6. The molecule has 0 N–H and O–H groups in total. The van der Waals surface area contributed by atoms with Crippen molar-refractivity contribution in [1.82, 2.24) is 14.8 Å². The van der Waals surface area contributed by atoms with Gasteiger partial charge in [0.2, 0.25) is 5.91 Å². The maximum atomic E-state index is 14.3. The zero-order chi connectivity index (χ0) is 30.7. The van der Waals surface area contributed by atoms with E-state index in [1.54, 1.807) is 30.2 Å². The molecule has 0 bridgehead atoms. The van der Waals surface area contributed by atoms with Gasteiger partial charge in [0.1, 0.15) is 17.4 Å². The largest absolute Gasteiger partial charge is 0.415 e. The number of nitrogens with zero attached hydrogens (tertiary/aromatic N) is 4. The number of piperidine rings is 1. The topological polar surface area (TPSA) is 83.0 Å². The Bertz CT molecular complexity index is 1480. The number of anilines is 1. The van der Waals surface area contributed by atoms with Crippen molar-refractivity contribution in [3.8, 4) is 5.75 Å². The zero-order valence-electron chi connectivity index (χ0n) is 24.0. The fourth-order valence-electron chi connectivity index (χ4n) is 5.91. The minimum absolute atomic E-state index is 0.0562. The number of ether oxygens (including phenoxy) is 1. The number of rotatable bonds is 7. The van der Waals surface area contributed by atoms with Gasteiger partial charge in [-0.25, -0.2) is 22.9 Å². The highest BCUT2D eigenvalue weighted by molar-refractivity contribution is 5.93. The van der Waals surface area contributed by atoms with Crippen LogP contribution in [0.4, 0.5) is 23.8 Å². The summed E-state index contributed by atoms with van der Waals surface area (Å²) in [7, 11) is 0. The molecular weight excluding hydrogens is 561 g/mol. The molecule has 1 aromatic heterocycles. The Hall–Kier alpha value is -4.41. The number of Topliss-reactive ketones (excluding diaryl/α,β-unsaturated/α-hetero) is 1. The van der Waals surface area contributed by atoms with Crippen LogP contribution in [0.1, 0.15) is 48.5 Å². The highest BCUT2D eigenvalue weighted by Gasteiger charge is 2.43. The second-order valence-electron chi connectivity index (χ2n) is 10.9. The first kappa shape index (κ1) is 30.1. The number of likely N-dealkylation sites (tertiary alicyclic amines) is 1. The average Bonchev–Trinajstić information content (AvgIpc) is 3.45. The second-order valence-corrected chi connectivity index (χ2v) is 10.9. The monoisotopic (exact) mass is 594 g/mol. The molecule has 3 heterocycles. The number of pyridine rings is 1. The number of likely N-dealkylation sites (N-methyl/N-ethyl adjacent to an activating group) is 1. The average molecular weight is 595 g/mol. The summed E-state index contributed by atoms with van der Waals surface area (Å²) in [6.45, 7) is 5.13. The van der Waals surface area contributed by atoms with Gasteiger partial charge in [-0.15, -0.1) is 0 Å². The lowest BCUT2D eigenvalue weighted by Gasteiger charge is -2.34. The van der Waals surface area contributed by atoms with Gasteiger partial charge in [0.25, 0.3) is 0 Å².